The number of rotatable bonds is 5. The van der Waals surface area contributed by atoms with Gasteiger partial charge in [0.15, 0.2) is 0 Å². The monoisotopic (exact) mass is 380 g/mol. The minimum atomic E-state index is 0. The van der Waals surface area contributed by atoms with E-state index in [-0.39, 0.29) is 7.43 Å². The molecule has 0 atom stereocenters. The molecule has 0 radical (unpaired) electrons. The summed E-state index contributed by atoms with van der Waals surface area (Å²) < 4.78 is 0. The van der Waals surface area contributed by atoms with Crippen LogP contribution in [0.3, 0.4) is 0 Å². The molecule has 144 valence electrons. The molecule has 0 aliphatic heterocycles. The van der Waals surface area contributed by atoms with Crippen molar-refractivity contribution in [3.8, 4) is 12.1 Å². The number of nitriles is 2. The molecule has 3 aromatic rings. The average molecular weight is 380 g/mol. The molecule has 0 saturated heterocycles. The van der Waals surface area contributed by atoms with Crippen molar-refractivity contribution < 1.29 is 0 Å². The van der Waals surface area contributed by atoms with E-state index < -0.39 is 0 Å². The van der Waals surface area contributed by atoms with Gasteiger partial charge in [0.25, 0.3) is 0 Å². The van der Waals surface area contributed by atoms with Crippen LogP contribution in [-0.2, 0) is 12.8 Å². The Kier molecular flexibility index (Phi) is 7.40. The van der Waals surface area contributed by atoms with Gasteiger partial charge >= 0.3 is 0 Å². The van der Waals surface area contributed by atoms with E-state index in [1.807, 2.05) is 42.5 Å². The minimum absolute atomic E-state index is 0. The lowest BCUT2D eigenvalue weighted by atomic mass is 9.95. The zero-order valence-corrected chi connectivity index (χ0v) is 16.0. The van der Waals surface area contributed by atoms with Crippen molar-refractivity contribution in [1.82, 2.24) is 9.97 Å². The van der Waals surface area contributed by atoms with Crippen LogP contribution in [0.4, 0.5) is 0 Å². The SMILES string of the molecule is C.Cc1cc(/C=C/C#N)cc(C)c1Cc1ccnc(Cc2ccc(C#N)cc2)n1. The van der Waals surface area contributed by atoms with Crippen LogP contribution in [0.15, 0.2) is 54.7 Å². The molecule has 0 amide bonds. The topological polar surface area (TPSA) is 73.4 Å². The van der Waals surface area contributed by atoms with E-state index in [0.29, 0.717) is 12.0 Å². The van der Waals surface area contributed by atoms with Crippen LogP contribution in [0.5, 0.6) is 0 Å². The van der Waals surface area contributed by atoms with Gasteiger partial charge in [-0.05, 0) is 65.9 Å². The summed E-state index contributed by atoms with van der Waals surface area (Å²) in [7, 11) is 0. The van der Waals surface area contributed by atoms with E-state index >= 15 is 0 Å². The largest absolute Gasteiger partial charge is 0.241 e. The van der Waals surface area contributed by atoms with Crippen LogP contribution in [-0.4, -0.2) is 9.97 Å². The fourth-order valence-electron chi connectivity index (χ4n) is 3.22. The first-order valence-corrected chi connectivity index (χ1v) is 9.05. The Hall–Kier alpha value is -3.76. The van der Waals surface area contributed by atoms with Crippen molar-refractivity contribution >= 4 is 6.08 Å². The van der Waals surface area contributed by atoms with Gasteiger partial charge < -0.3 is 0 Å². The summed E-state index contributed by atoms with van der Waals surface area (Å²) in [6.45, 7) is 4.18. The molecule has 0 aliphatic rings. The van der Waals surface area contributed by atoms with Gasteiger partial charge in [0.1, 0.15) is 5.82 Å². The molecule has 29 heavy (non-hydrogen) atoms. The minimum Gasteiger partial charge on any atom is -0.241 e. The summed E-state index contributed by atoms with van der Waals surface area (Å²) in [5.41, 5.74) is 7.36. The highest BCUT2D eigenvalue weighted by molar-refractivity contribution is 5.56. The van der Waals surface area contributed by atoms with Crippen molar-refractivity contribution in [2.45, 2.75) is 34.1 Å². The summed E-state index contributed by atoms with van der Waals surface area (Å²) in [4.78, 5) is 9.12. The van der Waals surface area contributed by atoms with Crippen molar-refractivity contribution in [2.75, 3.05) is 0 Å². The molecule has 1 aromatic heterocycles. The second-order valence-corrected chi connectivity index (χ2v) is 6.72. The van der Waals surface area contributed by atoms with E-state index in [9.17, 15) is 0 Å². The first-order chi connectivity index (χ1) is 13.6. The van der Waals surface area contributed by atoms with Crippen LogP contribution in [0.2, 0.25) is 0 Å². The molecular formula is C25H24N4. The maximum absolute atomic E-state index is 8.91. The van der Waals surface area contributed by atoms with Gasteiger partial charge in [0, 0.05) is 30.8 Å². The molecule has 0 spiro atoms. The summed E-state index contributed by atoms with van der Waals surface area (Å²) in [6.07, 6.45) is 6.49. The molecule has 0 bridgehead atoms. The van der Waals surface area contributed by atoms with E-state index in [4.69, 9.17) is 15.5 Å². The number of allylic oxidation sites excluding steroid dienone is 1. The van der Waals surface area contributed by atoms with Gasteiger partial charge in [-0.1, -0.05) is 31.7 Å². The molecule has 0 unspecified atom stereocenters. The quantitative estimate of drug-likeness (QED) is 0.562. The van der Waals surface area contributed by atoms with Gasteiger partial charge in [0.05, 0.1) is 17.7 Å². The number of aromatic nitrogens is 2. The normalized spacial score (nSPS) is 10.2. The van der Waals surface area contributed by atoms with Crippen LogP contribution in [0.1, 0.15) is 52.3 Å². The van der Waals surface area contributed by atoms with Crippen LogP contribution >= 0.6 is 0 Å². The van der Waals surface area contributed by atoms with Crippen LogP contribution in [0.25, 0.3) is 6.08 Å². The number of aryl methyl sites for hydroxylation is 2. The van der Waals surface area contributed by atoms with Gasteiger partial charge in [0.2, 0.25) is 0 Å². The smallest absolute Gasteiger partial charge is 0.132 e. The predicted octanol–water partition coefficient (Wildman–Crippen LogP) is 5.32. The van der Waals surface area contributed by atoms with Gasteiger partial charge in [-0.25, -0.2) is 9.97 Å². The van der Waals surface area contributed by atoms with Crippen LogP contribution < -0.4 is 0 Å². The van der Waals surface area contributed by atoms with E-state index in [1.165, 1.54) is 22.8 Å². The Balaban J connectivity index is 0.00000300. The maximum atomic E-state index is 8.91. The molecule has 0 saturated carbocycles. The summed E-state index contributed by atoms with van der Waals surface area (Å²) in [6, 6.07) is 17.8. The summed E-state index contributed by atoms with van der Waals surface area (Å²) in [5, 5.41) is 17.6. The lowest BCUT2D eigenvalue weighted by Gasteiger charge is -2.12. The number of hydrogen-bond donors (Lipinski definition) is 0. The summed E-state index contributed by atoms with van der Waals surface area (Å²) >= 11 is 0. The lowest BCUT2D eigenvalue weighted by Crippen LogP contribution is -2.03. The second-order valence-electron chi connectivity index (χ2n) is 6.72. The summed E-state index contributed by atoms with van der Waals surface area (Å²) in [5.74, 6) is 0.770. The van der Waals surface area contributed by atoms with Crippen molar-refractivity contribution in [2.24, 2.45) is 0 Å². The zero-order chi connectivity index (χ0) is 19.9. The fraction of sp³-hybridized carbons (Fsp3) is 0.200. The zero-order valence-electron chi connectivity index (χ0n) is 16.0. The Bertz CT molecular complexity index is 1070. The van der Waals surface area contributed by atoms with E-state index in [1.54, 1.807) is 6.20 Å². The number of hydrogen-bond acceptors (Lipinski definition) is 4. The highest BCUT2D eigenvalue weighted by Gasteiger charge is 2.08. The first kappa shape index (κ1) is 21.5. The first-order valence-electron chi connectivity index (χ1n) is 9.05. The molecule has 0 aliphatic carbocycles. The Morgan fingerprint density at radius 2 is 1.66 bits per heavy atom. The van der Waals surface area contributed by atoms with Crippen molar-refractivity contribution in [3.05, 3.63) is 99.6 Å². The Morgan fingerprint density at radius 3 is 2.28 bits per heavy atom. The number of nitrogens with zero attached hydrogens (tertiary/aromatic N) is 4. The van der Waals surface area contributed by atoms with Gasteiger partial charge in [-0.3, -0.25) is 0 Å². The second kappa shape index (κ2) is 9.97. The average Bonchev–Trinajstić information content (AvgIpc) is 2.70. The molecule has 3 rings (SSSR count). The lowest BCUT2D eigenvalue weighted by molar-refractivity contribution is 0.912. The standard InChI is InChI=1S/C24H20N4.CH4/c1-17-12-21(4-3-10-25)13-18(2)23(17)15-22-9-11-27-24(28-22)14-19-5-7-20(16-26)8-6-19;/h3-9,11-13H,14-15H2,1-2H3;1H4/b4-3+;. The molecule has 4 nitrogen and oxygen atoms in total. The third-order valence-electron chi connectivity index (χ3n) is 4.63. The third-order valence-corrected chi connectivity index (χ3v) is 4.63. The van der Waals surface area contributed by atoms with E-state index in [0.717, 1.165) is 29.1 Å². The number of benzene rings is 2. The highest BCUT2D eigenvalue weighted by Crippen LogP contribution is 2.21. The van der Waals surface area contributed by atoms with E-state index in [2.05, 4.69) is 37.0 Å². The molecular weight excluding hydrogens is 356 g/mol. The van der Waals surface area contributed by atoms with Gasteiger partial charge in [-0.2, -0.15) is 10.5 Å². The van der Waals surface area contributed by atoms with Crippen LogP contribution in [0, 0.1) is 36.5 Å². The van der Waals surface area contributed by atoms with Crippen molar-refractivity contribution in [3.63, 3.8) is 0 Å². The Labute approximate surface area is 172 Å². The maximum Gasteiger partial charge on any atom is 0.132 e. The Morgan fingerprint density at radius 1 is 0.966 bits per heavy atom. The fourth-order valence-corrected chi connectivity index (χ4v) is 3.22. The van der Waals surface area contributed by atoms with Gasteiger partial charge in [-0.15, -0.1) is 0 Å². The molecule has 2 aromatic carbocycles. The molecule has 4 heteroatoms. The van der Waals surface area contributed by atoms with Crippen molar-refractivity contribution in [1.29, 1.82) is 10.5 Å². The predicted molar refractivity (Wildman–Crippen MR) is 116 cm³/mol. The molecule has 1 heterocycles. The highest BCUT2D eigenvalue weighted by atomic mass is 14.9. The molecule has 0 N–H and O–H groups in total. The third kappa shape index (κ3) is 5.61. The molecule has 0 fully saturated rings.